The minimum absolute atomic E-state index is 0.0342. The monoisotopic (exact) mass is 396 g/mol. The maximum atomic E-state index is 12.6. The summed E-state index contributed by atoms with van der Waals surface area (Å²) in [5, 5.41) is 7.31. The molecule has 0 bridgehead atoms. The van der Waals surface area contributed by atoms with Gasteiger partial charge in [-0.3, -0.25) is 9.48 Å². The summed E-state index contributed by atoms with van der Waals surface area (Å²) in [5.41, 5.74) is 1.32. The van der Waals surface area contributed by atoms with Crippen molar-refractivity contribution < 1.29 is 22.7 Å². The van der Waals surface area contributed by atoms with E-state index < -0.39 is 11.7 Å². The summed E-state index contributed by atoms with van der Waals surface area (Å²) in [6.07, 6.45) is -0.909. The molecule has 1 fully saturated rings. The van der Waals surface area contributed by atoms with E-state index in [9.17, 15) is 18.0 Å². The number of nitrogens with one attached hydrogen (secondary N) is 1. The minimum atomic E-state index is -4.41. The van der Waals surface area contributed by atoms with Crippen LogP contribution in [0.2, 0.25) is 0 Å². The standard InChI is InChI=1S/C19H23F3N4O2/c1-11-17(12(2)26(3)25-11)18(27)24-14-5-7-15(8-6-14)28-16-9-4-13(10-23-16)19(20,21)22/h4,9-10,14-15H,5-8H2,1-3H3,(H,24,27). The third kappa shape index (κ3) is 4.45. The van der Waals surface area contributed by atoms with Crippen LogP contribution in [0.1, 0.15) is 53.0 Å². The second-order valence-electron chi connectivity index (χ2n) is 7.12. The molecule has 1 aliphatic rings. The molecule has 6 nitrogen and oxygen atoms in total. The zero-order chi connectivity index (χ0) is 20.5. The van der Waals surface area contributed by atoms with Gasteiger partial charge in [0.15, 0.2) is 0 Å². The van der Waals surface area contributed by atoms with Gasteiger partial charge in [-0.1, -0.05) is 0 Å². The predicted molar refractivity (Wildman–Crippen MR) is 96.1 cm³/mol. The van der Waals surface area contributed by atoms with Crippen LogP contribution in [0, 0.1) is 13.8 Å². The molecule has 0 unspecified atom stereocenters. The minimum Gasteiger partial charge on any atom is -0.474 e. The Hall–Kier alpha value is -2.58. The first-order chi connectivity index (χ1) is 13.1. The molecule has 2 heterocycles. The molecule has 9 heteroatoms. The van der Waals surface area contributed by atoms with Gasteiger partial charge in [-0.2, -0.15) is 18.3 Å². The molecular weight excluding hydrogens is 373 g/mol. The van der Waals surface area contributed by atoms with E-state index in [0.717, 1.165) is 30.8 Å². The van der Waals surface area contributed by atoms with Gasteiger partial charge in [-0.05, 0) is 45.6 Å². The average molecular weight is 396 g/mol. The number of carbonyl (C=O) groups is 1. The summed E-state index contributed by atoms with van der Waals surface area (Å²) in [7, 11) is 1.80. The quantitative estimate of drug-likeness (QED) is 0.858. The molecule has 152 valence electrons. The Balaban J connectivity index is 1.51. The molecule has 1 aliphatic carbocycles. The van der Waals surface area contributed by atoms with E-state index in [1.54, 1.807) is 11.7 Å². The van der Waals surface area contributed by atoms with Crippen LogP contribution in [-0.2, 0) is 13.2 Å². The van der Waals surface area contributed by atoms with Gasteiger partial charge in [0.2, 0.25) is 5.88 Å². The summed E-state index contributed by atoms with van der Waals surface area (Å²) < 4.78 is 45.1. The number of amides is 1. The second kappa shape index (κ2) is 7.81. The summed E-state index contributed by atoms with van der Waals surface area (Å²) in [6.45, 7) is 3.67. The third-order valence-electron chi connectivity index (χ3n) is 5.10. The van der Waals surface area contributed by atoms with E-state index in [1.807, 2.05) is 13.8 Å². The lowest BCUT2D eigenvalue weighted by Crippen LogP contribution is -2.40. The van der Waals surface area contributed by atoms with E-state index in [-0.39, 0.29) is 23.9 Å². The molecule has 0 aliphatic heterocycles. The summed E-state index contributed by atoms with van der Waals surface area (Å²) in [4.78, 5) is 16.3. The van der Waals surface area contributed by atoms with Crippen LogP contribution < -0.4 is 10.1 Å². The van der Waals surface area contributed by atoms with E-state index in [0.29, 0.717) is 24.1 Å². The van der Waals surface area contributed by atoms with Gasteiger partial charge in [0.1, 0.15) is 6.10 Å². The lowest BCUT2D eigenvalue weighted by molar-refractivity contribution is -0.137. The highest BCUT2D eigenvalue weighted by molar-refractivity contribution is 5.96. The fourth-order valence-corrected chi connectivity index (χ4v) is 3.47. The summed E-state index contributed by atoms with van der Waals surface area (Å²) in [6, 6.07) is 2.24. The number of aryl methyl sites for hydroxylation is 2. The van der Waals surface area contributed by atoms with Crippen molar-refractivity contribution in [2.75, 3.05) is 0 Å². The Labute approximate surface area is 161 Å². The van der Waals surface area contributed by atoms with Crippen LogP contribution in [0.25, 0.3) is 0 Å². The van der Waals surface area contributed by atoms with Crippen molar-refractivity contribution >= 4 is 5.91 Å². The molecule has 1 N–H and O–H groups in total. The van der Waals surface area contributed by atoms with E-state index in [1.165, 1.54) is 6.07 Å². The van der Waals surface area contributed by atoms with Gasteiger partial charge >= 0.3 is 6.18 Å². The van der Waals surface area contributed by atoms with Crippen LogP contribution in [0.15, 0.2) is 18.3 Å². The van der Waals surface area contributed by atoms with Crippen molar-refractivity contribution in [3.63, 3.8) is 0 Å². The Morgan fingerprint density at radius 1 is 1.21 bits per heavy atom. The van der Waals surface area contributed by atoms with Crippen molar-refractivity contribution in [1.29, 1.82) is 0 Å². The Morgan fingerprint density at radius 3 is 2.39 bits per heavy atom. The molecule has 1 amide bonds. The SMILES string of the molecule is Cc1nn(C)c(C)c1C(=O)NC1CCC(Oc2ccc(C(F)(F)F)cn2)CC1. The van der Waals surface area contributed by atoms with E-state index >= 15 is 0 Å². The molecule has 1 saturated carbocycles. The van der Waals surface area contributed by atoms with Crippen molar-refractivity contribution in [3.8, 4) is 5.88 Å². The highest BCUT2D eigenvalue weighted by Crippen LogP contribution is 2.30. The molecule has 0 spiro atoms. The summed E-state index contributed by atoms with van der Waals surface area (Å²) >= 11 is 0. The normalized spacial score (nSPS) is 20.1. The molecule has 0 radical (unpaired) electrons. The van der Waals surface area contributed by atoms with Crippen molar-refractivity contribution in [1.82, 2.24) is 20.1 Å². The predicted octanol–water partition coefficient (Wildman–Crippen LogP) is 3.57. The Morgan fingerprint density at radius 2 is 1.89 bits per heavy atom. The molecular formula is C19H23F3N4O2. The second-order valence-corrected chi connectivity index (χ2v) is 7.12. The Bertz CT molecular complexity index is 838. The number of aromatic nitrogens is 3. The summed E-state index contributed by atoms with van der Waals surface area (Å²) in [5.74, 6) is 0.0546. The van der Waals surface area contributed by atoms with Crippen molar-refractivity contribution in [2.24, 2.45) is 7.05 Å². The lowest BCUT2D eigenvalue weighted by atomic mass is 9.92. The number of alkyl halides is 3. The molecule has 3 rings (SSSR count). The number of hydrogen-bond donors (Lipinski definition) is 1. The number of ether oxygens (including phenoxy) is 1. The number of hydrogen-bond acceptors (Lipinski definition) is 4. The van der Waals surface area contributed by atoms with E-state index in [4.69, 9.17) is 4.74 Å². The number of halogens is 3. The molecule has 2 aromatic heterocycles. The maximum absolute atomic E-state index is 12.6. The molecule has 0 aromatic carbocycles. The number of rotatable bonds is 4. The van der Waals surface area contributed by atoms with Crippen LogP contribution in [0.5, 0.6) is 5.88 Å². The van der Waals surface area contributed by atoms with Crippen molar-refractivity contribution in [2.45, 2.75) is 57.9 Å². The zero-order valence-corrected chi connectivity index (χ0v) is 16.0. The lowest BCUT2D eigenvalue weighted by Gasteiger charge is -2.29. The smallest absolute Gasteiger partial charge is 0.417 e. The van der Waals surface area contributed by atoms with Crippen LogP contribution in [0.3, 0.4) is 0 Å². The molecule has 0 saturated heterocycles. The third-order valence-corrected chi connectivity index (χ3v) is 5.10. The Kier molecular flexibility index (Phi) is 5.62. The average Bonchev–Trinajstić information content (AvgIpc) is 2.88. The number of nitrogens with zero attached hydrogens (tertiary/aromatic N) is 3. The first-order valence-corrected chi connectivity index (χ1v) is 9.16. The number of carbonyl (C=O) groups excluding carboxylic acids is 1. The largest absolute Gasteiger partial charge is 0.474 e. The first-order valence-electron chi connectivity index (χ1n) is 9.16. The fourth-order valence-electron chi connectivity index (χ4n) is 3.47. The highest BCUT2D eigenvalue weighted by Gasteiger charge is 2.31. The van der Waals surface area contributed by atoms with Gasteiger partial charge in [-0.15, -0.1) is 0 Å². The van der Waals surface area contributed by atoms with Gasteiger partial charge < -0.3 is 10.1 Å². The van der Waals surface area contributed by atoms with Crippen LogP contribution >= 0.6 is 0 Å². The van der Waals surface area contributed by atoms with Crippen LogP contribution in [-0.4, -0.2) is 32.8 Å². The van der Waals surface area contributed by atoms with Crippen molar-refractivity contribution in [3.05, 3.63) is 40.8 Å². The van der Waals surface area contributed by atoms with Gasteiger partial charge in [0.05, 0.1) is 16.8 Å². The molecule has 28 heavy (non-hydrogen) atoms. The zero-order valence-electron chi connectivity index (χ0n) is 16.0. The van der Waals surface area contributed by atoms with Gasteiger partial charge in [0.25, 0.3) is 5.91 Å². The topological polar surface area (TPSA) is 69.0 Å². The molecule has 0 atom stereocenters. The number of pyridine rings is 1. The molecule has 2 aromatic rings. The van der Waals surface area contributed by atoms with Gasteiger partial charge in [0, 0.05) is 31.0 Å². The van der Waals surface area contributed by atoms with E-state index in [2.05, 4.69) is 15.4 Å². The maximum Gasteiger partial charge on any atom is 0.417 e. The van der Waals surface area contributed by atoms with Crippen LogP contribution in [0.4, 0.5) is 13.2 Å². The van der Waals surface area contributed by atoms with Gasteiger partial charge in [-0.25, -0.2) is 4.98 Å². The fraction of sp³-hybridized carbons (Fsp3) is 0.526. The first kappa shape index (κ1) is 20.2. The highest BCUT2D eigenvalue weighted by atomic mass is 19.4.